The van der Waals surface area contributed by atoms with E-state index in [1.807, 2.05) is 0 Å². The molecule has 1 aliphatic heterocycles. The summed E-state index contributed by atoms with van der Waals surface area (Å²) in [5.41, 5.74) is 0.790. The molecule has 0 aromatic heterocycles. The Morgan fingerprint density at radius 2 is 1.77 bits per heavy atom. The zero-order valence-corrected chi connectivity index (χ0v) is 19.4. The standard InChI is InChI=1S/C21H22BrN3O5S/c1-3-23-20(27)14(2)24(12-15-8-10-16(22)11-9-15)19(26)13-25-21(28)17-6-4-5-7-18(17)31(25,29)30/h4-11,14H,3,12-13H2,1-2H3,(H,23,27)/t14-/m0/s1. The lowest BCUT2D eigenvalue weighted by atomic mass is 10.1. The highest BCUT2D eigenvalue weighted by Gasteiger charge is 2.43. The molecule has 0 bridgehead atoms. The number of halogens is 1. The second-order valence-electron chi connectivity index (χ2n) is 7.03. The fourth-order valence-electron chi connectivity index (χ4n) is 3.29. The summed E-state index contributed by atoms with van der Waals surface area (Å²) in [6.45, 7) is 3.11. The maximum absolute atomic E-state index is 13.2. The van der Waals surface area contributed by atoms with Gasteiger partial charge in [-0.1, -0.05) is 40.2 Å². The van der Waals surface area contributed by atoms with E-state index in [4.69, 9.17) is 0 Å². The minimum atomic E-state index is -4.13. The summed E-state index contributed by atoms with van der Waals surface area (Å²) in [5, 5.41) is 2.67. The largest absolute Gasteiger partial charge is 0.355 e. The zero-order chi connectivity index (χ0) is 22.8. The van der Waals surface area contributed by atoms with E-state index < -0.39 is 34.4 Å². The van der Waals surface area contributed by atoms with Gasteiger partial charge in [-0.3, -0.25) is 14.4 Å². The number of sulfonamides is 1. The van der Waals surface area contributed by atoms with E-state index in [0.29, 0.717) is 10.8 Å². The molecule has 3 rings (SSSR count). The summed E-state index contributed by atoms with van der Waals surface area (Å²) in [7, 11) is -4.13. The van der Waals surface area contributed by atoms with Gasteiger partial charge in [-0.25, -0.2) is 12.7 Å². The summed E-state index contributed by atoms with van der Waals surface area (Å²) in [4.78, 5) is 39.4. The Bertz CT molecular complexity index is 1120. The third kappa shape index (κ3) is 4.64. The number of fused-ring (bicyclic) bond motifs is 1. The normalized spacial score (nSPS) is 15.3. The summed E-state index contributed by atoms with van der Waals surface area (Å²) in [5.74, 6) is -1.77. The monoisotopic (exact) mass is 507 g/mol. The molecule has 31 heavy (non-hydrogen) atoms. The minimum absolute atomic E-state index is 0.0338. The van der Waals surface area contributed by atoms with E-state index in [0.717, 1.165) is 10.0 Å². The topological polar surface area (TPSA) is 104 Å². The third-order valence-corrected chi connectivity index (χ3v) is 7.29. The van der Waals surface area contributed by atoms with Gasteiger partial charge in [0.2, 0.25) is 11.8 Å². The average molecular weight is 508 g/mol. The molecule has 1 N–H and O–H groups in total. The van der Waals surface area contributed by atoms with Crippen LogP contribution < -0.4 is 5.32 Å². The molecule has 0 aliphatic carbocycles. The lowest BCUT2D eigenvalue weighted by Crippen LogP contribution is -2.51. The molecule has 1 aliphatic rings. The van der Waals surface area contributed by atoms with E-state index in [1.54, 1.807) is 44.2 Å². The molecule has 0 saturated heterocycles. The molecule has 164 valence electrons. The number of nitrogens with zero attached hydrogens (tertiary/aromatic N) is 2. The molecule has 2 aromatic carbocycles. The lowest BCUT2D eigenvalue weighted by Gasteiger charge is -2.30. The second kappa shape index (κ2) is 9.19. The van der Waals surface area contributed by atoms with Gasteiger partial charge >= 0.3 is 0 Å². The van der Waals surface area contributed by atoms with Crippen LogP contribution in [0.2, 0.25) is 0 Å². The van der Waals surface area contributed by atoms with Crippen molar-refractivity contribution in [1.82, 2.24) is 14.5 Å². The van der Waals surface area contributed by atoms with Gasteiger partial charge in [0.15, 0.2) is 0 Å². The van der Waals surface area contributed by atoms with Crippen molar-refractivity contribution in [3.8, 4) is 0 Å². The highest BCUT2D eigenvalue weighted by atomic mass is 79.9. The maximum atomic E-state index is 13.2. The van der Waals surface area contributed by atoms with Crippen molar-refractivity contribution < 1.29 is 22.8 Å². The molecule has 0 saturated carbocycles. The number of carbonyl (C=O) groups excluding carboxylic acids is 3. The Labute approximate surface area is 189 Å². The van der Waals surface area contributed by atoms with Gasteiger partial charge in [0, 0.05) is 17.6 Å². The number of benzene rings is 2. The van der Waals surface area contributed by atoms with Gasteiger partial charge in [-0.15, -0.1) is 0 Å². The highest BCUT2D eigenvalue weighted by Crippen LogP contribution is 2.30. The number of likely N-dealkylation sites (N-methyl/N-ethyl adjacent to an activating group) is 1. The van der Waals surface area contributed by atoms with Gasteiger partial charge < -0.3 is 10.2 Å². The van der Waals surface area contributed by atoms with Crippen LogP contribution >= 0.6 is 15.9 Å². The second-order valence-corrected chi connectivity index (χ2v) is 9.78. The van der Waals surface area contributed by atoms with Crippen LogP contribution in [0.5, 0.6) is 0 Å². The summed E-state index contributed by atoms with van der Waals surface area (Å²) < 4.78 is 27.0. The Morgan fingerprint density at radius 1 is 1.13 bits per heavy atom. The van der Waals surface area contributed by atoms with Crippen LogP contribution in [0.3, 0.4) is 0 Å². The van der Waals surface area contributed by atoms with Crippen molar-refractivity contribution >= 4 is 43.7 Å². The van der Waals surface area contributed by atoms with E-state index >= 15 is 0 Å². The number of amides is 3. The van der Waals surface area contributed by atoms with E-state index in [-0.39, 0.29) is 22.9 Å². The smallest absolute Gasteiger partial charge is 0.269 e. The highest BCUT2D eigenvalue weighted by molar-refractivity contribution is 9.10. The summed E-state index contributed by atoms with van der Waals surface area (Å²) in [6, 6.07) is 12.2. The van der Waals surface area contributed by atoms with Crippen molar-refractivity contribution in [2.24, 2.45) is 0 Å². The van der Waals surface area contributed by atoms with E-state index in [2.05, 4.69) is 21.2 Å². The quantitative estimate of drug-likeness (QED) is 0.618. The van der Waals surface area contributed by atoms with Gasteiger partial charge in [-0.2, -0.15) is 0 Å². The zero-order valence-electron chi connectivity index (χ0n) is 17.0. The molecule has 2 aromatic rings. The van der Waals surface area contributed by atoms with Crippen LogP contribution in [0.1, 0.15) is 29.8 Å². The number of hydrogen-bond acceptors (Lipinski definition) is 5. The van der Waals surface area contributed by atoms with Crippen molar-refractivity contribution in [2.45, 2.75) is 31.3 Å². The molecule has 0 fully saturated rings. The summed E-state index contributed by atoms with van der Waals surface area (Å²) >= 11 is 3.35. The Kier molecular flexibility index (Phi) is 6.80. The number of hydrogen-bond donors (Lipinski definition) is 1. The average Bonchev–Trinajstić information content (AvgIpc) is 2.94. The molecule has 3 amide bonds. The Balaban J connectivity index is 1.88. The van der Waals surface area contributed by atoms with E-state index in [1.165, 1.54) is 23.1 Å². The predicted molar refractivity (Wildman–Crippen MR) is 118 cm³/mol. The van der Waals surface area contributed by atoms with Gasteiger partial charge in [0.1, 0.15) is 17.5 Å². The molecule has 0 radical (unpaired) electrons. The van der Waals surface area contributed by atoms with Gasteiger partial charge in [0.05, 0.1) is 5.56 Å². The fraction of sp³-hybridized carbons (Fsp3) is 0.286. The number of rotatable bonds is 7. The summed E-state index contributed by atoms with van der Waals surface area (Å²) in [6.07, 6.45) is 0. The Morgan fingerprint density at radius 3 is 2.39 bits per heavy atom. The van der Waals surface area contributed by atoms with Crippen molar-refractivity contribution in [3.05, 3.63) is 64.1 Å². The van der Waals surface area contributed by atoms with Crippen LogP contribution in [0.15, 0.2) is 57.9 Å². The first kappa shape index (κ1) is 23.0. The molecule has 1 atom stereocenters. The molecule has 8 nitrogen and oxygen atoms in total. The minimum Gasteiger partial charge on any atom is -0.355 e. The van der Waals surface area contributed by atoms with Crippen molar-refractivity contribution in [1.29, 1.82) is 0 Å². The molecule has 10 heteroatoms. The van der Waals surface area contributed by atoms with Crippen LogP contribution in [-0.4, -0.2) is 54.5 Å². The Hall–Kier alpha value is -2.72. The fourth-order valence-corrected chi connectivity index (χ4v) is 5.07. The van der Waals surface area contributed by atoms with Gasteiger partial charge in [-0.05, 0) is 43.7 Å². The first-order chi connectivity index (χ1) is 14.7. The van der Waals surface area contributed by atoms with Crippen molar-refractivity contribution in [2.75, 3.05) is 13.1 Å². The number of carbonyl (C=O) groups is 3. The third-order valence-electron chi connectivity index (χ3n) is 4.98. The first-order valence-electron chi connectivity index (χ1n) is 9.64. The first-order valence-corrected chi connectivity index (χ1v) is 11.9. The maximum Gasteiger partial charge on any atom is 0.269 e. The van der Waals surface area contributed by atoms with Crippen molar-refractivity contribution in [3.63, 3.8) is 0 Å². The lowest BCUT2D eigenvalue weighted by molar-refractivity contribution is -0.140. The molecule has 0 unspecified atom stereocenters. The molecule has 1 heterocycles. The van der Waals surface area contributed by atoms with Crippen LogP contribution in [0.4, 0.5) is 0 Å². The predicted octanol–water partition coefficient (Wildman–Crippen LogP) is 2.15. The van der Waals surface area contributed by atoms with Gasteiger partial charge in [0.25, 0.3) is 15.9 Å². The number of nitrogens with one attached hydrogen (secondary N) is 1. The SMILES string of the molecule is CCNC(=O)[C@H](C)N(Cc1ccc(Br)cc1)C(=O)CN1C(=O)c2ccccc2S1(=O)=O. The molecular formula is C21H22BrN3O5S. The van der Waals surface area contributed by atoms with Crippen LogP contribution in [0, 0.1) is 0 Å². The molecular weight excluding hydrogens is 486 g/mol. The molecule has 0 spiro atoms. The van der Waals surface area contributed by atoms with E-state index in [9.17, 15) is 22.8 Å². The van der Waals surface area contributed by atoms with Crippen LogP contribution in [0.25, 0.3) is 0 Å². The van der Waals surface area contributed by atoms with Crippen LogP contribution in [-0.2, 0) is 26.2 Å².